The van der Waals surface area contributed by atoms with Gasteiger partial charge < -0.3 is 8.92 Å². The summed E-state index contributed by atoms with van der Waals surface area (Å²) in [4.78, 5) is 22.9. The molecule has 0 unspecified atom stereocenters. The number of unbranched alkanes of at least 4 members (excludes halogenated alkanes) is 2. The van der Waals surface area contributed by atoms with E-state index in [4.69, 9.17) is 9.29 Å². The van der Waals surface area contributed by atoms with Crippen LogP contribution in [-0.2, 0) is 28.9 Å². The van der Waals surface area contributed by atoms with Crippen molar-refractivity contribution in [2.45, 2.75) is 77.7 Å². The second-order valence-corrected chi connectivity index (χ2v) is 6.23. The molecular formula is C14H27NaO7S. The van der Waals surface area contributed by atoms with Crippen LogP contribution in [0.3, 0.4) is 0 Å². The Morgan fingerprint density at radius 2 is 1.52 bits per heavy atom. The molecule has 0 heterocycles. The van der Waals surface area contributed by atoms with E-state index in [2.05, 4.69) is 11.1 Å². The van der Waals surface area contributed by atoms with Crippen molar-refractivity contribution in [3.63, 3.8) is 0 Å². The predicted octanol–water partition coefficient (Wildman–Crippen LogP) is 2.15. The average Bonchev–Trinajstić information content (AvgIpc) is 2.42. The number of hydrogen-bond acceptors (Lipinski definition) is 6. The van der Waals surface area contributed by atoms with Crippen LogP contribution < -0.4 is 0 Å². The Balaban J connectivity index is 0. The van der Waals surface area contributed by atoms with Crippen molar-refractivity contribution in [1.29, 1.82) is 0 Å². The molecule has 0 saturated carbocycles. The SMILES string of the molecule is CCCCCC(CC)(CC)OC(=O)CCC(=O)OS(=O)(=O)O.[NaH]. The van der Waals surface area contributed by atoms with E-state index in [1.54, 1.807) is 0 Å². The number of rotatable bonds is 11. The maximum atomic E-state index is 11.8. The molecule has 0 aliphatic rings. The molecule has 1 N–H and O–H groups in total. The number of esters is 1. The molecule has 7 nitrogen and oxygen atoms in total. The van der Waals surface area contributed by atoms with Crippen LogP contribution in [0.15, 0.2) is 0 Å². The zero-order valence-corrected chi connectivity index (χ0v) is 14.3. The van der Waals surface area contributed by atoms with Crippen LogP contribution in [0.1, 0.15) is 72.1 Å². The summed E-state index contributed by atoms with van der Waals surface area (Å²) in [6.45, 7) is 5.97. The molecule has 0 bridgehead atoms. The fourth-order valence-corrected chi connectivity index (χ4v) is 2.47. The molecule has 0 atom stereocenters. The van der Waals surface area contributed by atoms with Gasteiger partial charge in [-0.05, 0) is 25.7 Å². The summed E-state index contributed by atoms with van der Waals surface area (Å²) in [6, 6.07) is 0. The van der Waals surface area contributed by atoms with Crippen molar-refractivity contribution >= 4 is 51.9 Å². The minimum atomic E-state index is -4.83. The fraction of sp³-hybridized carbons (Fsp3) is 0.857. The van der Waals surface area contributed by atoms with Crippen LogP contribution in [0.25, 0.3) is 0 Å². The van der Waals surface area contributed by atoms with Gasteiger partial charge in [-0.25, -0.2) is 0 Å². The van der Waals surface area contributed by atoms with Crippen LogP contribution in [0, 0.1) is 0 Å². The third kappa shape index (κ3) is 11.9. The summed E-state index contributed by atoms with van der Waals surface area (Å²) < 4.78 is 38.3. The summed E-state index contributed by atoms with van der Waals surface area (Å²) in [6.07, 6.45) is 4.44. The third-order valence-electron chi connectivity index (χ3n) is 3.59. The summed E-state index contributed by atoms with van der Waals surface area (Å²) in [5.41, 5.74) is -0.542. The molecule has 0 aromatic heterocycles. The van der Waals surface area contributed by atoms with Crippen molar-refractivity contribution in [3.8, 4) is 0 Å². The first kappa shape index (κ1) is 25.1. The van der Waals surface area contributed by atoms with Gasteiger partial charge in [-0.1, -0.05) is 33.6 Å². The summed E-state index contributed by atoms with van der Waals surface area (Å²) in [7, 11) is -4.83. The molecule has 0 fully saturated rings. The van der Waals surface area contributed by atoms with Gasteiger partial charge in [-0.2, -0.15) is 8.42 Å². The average molecular weight is 362 g/mol. The summed E-state index contributed by atoms with van der Waals surface area (Å²) in [5.74, 6) is -1.77. The Labute approximate surface area is 160 Å². The molecule has 132 valence electrons. The van der Waals surface area contributed by atoms with Crippen molar-refractivity contribution in [3.05, 3.63) is 0 Å². The minimum absolute atomic E-state index is 0. The quantitative estimate of drug-likeness (QED) is 0.260. The van der Waals surface area contributed by atoms with Gasteiger partial charge in [0.15, 0.2) is 0 Å². The van der Waals surface area contributed by atoms with Gasteiger partial charge in [0.25, 0.3) is 0 Å². The van der Waals surface area contributed by atoms with Gasteiger partial charge in [-0.15, -0.1) is 0 Å². The van der Waals surface area contributed by atoms with E-state index in [9.17, 15) is 18.0 Å². The van der Waals surface area contributed by atoms with E-state index in [0.717, 1.165) is 25.7 Å². The van der Waals surface area contributed by atoms with Gasteiger partial charge in [0.1, 0.15) is 5.60 Å². The number of ether oxygens (including phenoxy) is 1. The van der Waals surface area contributed by atoms with E-state index in [1.165, 1.54) is 0 Å². The molecule has 0 amide bonds. The summed E-state index contributed by atoms with van der Waals surface area (Å²) >= 11 is 0. The van der Waals surface area contributed by atoms with E-state index >= 15 is 0 Å². The third-order valence-corrected chi connectivity index (χ3v) is 3.98. The normalized spacial score (nSPS) is 11.5. The van der Waals surface area contributed by atoms with Gasteiger partial charge in [0, 0.05) is 0 Å². The summed E-state index contributed by atoms with van der Waals surface area (Å²) in [5, 5.41) is 0. The van der Waals surface area contributed by atoms with Crippen molar-refractivity contribution in [1.82, 2.24) is 0 Å². The first-order chi connectivity index (χ1) is 10.2. The molecular weight excluding hydrogens is 335 g/mol. The maximum absolute atomic E-state index is 11.8. The number of carbonyl (C=O) groups is 2. The molecule has 0 aliphatic heterocycles. The standard InChI is InChI=1S/C14H26O7S.Na.H/c1-4-7-8-11-14(5-2,6-3)20-12(15)9-10-13(16)21-22(17,18)19;;/h4-11H2,1-3H3,(H,17,18,19);;. The van der Waals surface area contributed by atoms with Crippen molar-refractivity contribution < 1.29 is 31.5 Å². The Kier molecular flexibility index (Phi) is 13.4. The monoisotopic (exact) mass is 362 g/mol. The van der Waals surface area contributed by atoms with Gasteiger partial charge in [0.2, 0.25) is 0 Å². The molecule has 0 aliphatic carbocycles. The molecule has 0 spiro atoms. The predicted molar refractivity (Wildman–Crippen MR) is 87.6 cm³/mol. The molecule has 0 aromatic carbocycles. The van der Waals surface area contributed by atoms with Gasteiger partial charge in [0.05, 0.1) is 12.8 Å². The van der Waals surface area contributed by atoms with Crippen molar-refractivity contribution in [2.24, 2.45) is 0 Å². The number of carbonyl (C=O) groups excluding carboxylic acids is 2. The van der Waals surface area contributed by atoms with Gasteiger partial charge in [-0.3, -0.25) is 14.1 Å². The molecule has 9 heteroatoms. The Bertz CT molecular complexity index is 458. The first-order valence-electron chi connectivity index (χ1n) is 7.59. The topological polar surface area (TPSA) is 107 Å². The van der Waals surface area contributed by atoms with Crippen LogP contribution in [0.4, 0.5) is 0 Å². The molecule has 0 rings (SSSR count). The Morgan fingerprint density at radius 1 is 1.00 bits per heavy atom. The van der Waals surface area contributed by atoms with Crippen LogP contribution >= 0.6 is 0 Å². The van der Waals surface area contributed by atoms with Crippen LogP contribution in [-0.4, -0.2) is 60.1 Å². The zero-order valence-electron chi connectivity index (χ0n) is 13.5. The van der Waals surface area contributed by atoms with E-state index in [1.807, 2.05) is 13.8 Å². The van der Waals surface area contributed by atoms with E-state index < -0.39 is 34.4 Å². The van der Waals surface area contributed by atoms with E-state index in [-0.39, 0.29) is 36.0 Å². The molecule has 0 aromatic rings. The van der Waals surface area contributed by atoms with E-state index in [0.29, 0.717) is 12.8 Å². The second-order valence-electron chi connectivity index (χ2n) is 5.20. The molecule has 23 heavy (non-hydrogen) atoms. The zero-order chi connectivity index (χ0) is 17.2. The Hall–Kier alpha value is -0.150. The van der Waals surface area contributed by atoms with Crippen molar-refractivity contribution in [2.75, 3.05) is 0 Å². The first-order valence-corrected chi connectivity index (χ1v) is 8.96. The molecule has 0 radical (unpaired) electrons. The van der Waals surface area contributed by atoms with Crippen LogP contribution in [0.2, 0.25) is 0 Å². The number of hydrogen-bond donors (Lipinski definition) is 1. The van der Waals surface area contributed by atoms with Gasteiger partial charge >= 0.3 is 51.9 Å². The fourth-order valence-electron chi connectivity index (χ4n) is 2.15. The second kappa shape index (κ2) is 12.2. The Morgan fingerprint density at radius 3 is 1.96 bits per heavy atom. The van der Waals surface area contributed by atoms with Crippen LogP contribution in [0.5, 0.6) is 0 Å². The molecule has 0 saturated heterocycles.